The highest BCUT2D eigenvalue weighted by atomic mass is 32.1. The van der Waals surface area contributed by atoms with E-state index in [2.05, 4.69) is 27.5 Å². The number of ether oxygens (including phenoxy) is 1. The van der Waals surface area contributed by atoms with E-state index in [0.29, 0.717) is 26.2 Å². The molecule has 1 amide bonds. The molecule has 0 fully saturated rings. The first-order valence-corrected chi connectivity index (χ1v) is 10.0. The summed E-state index contributed by atoms with van der Waals surface area (Å²) in [6.07, 6.45) is 2.62. The van der Waals surface area contributed by atoms with Crippen molar-refractivity contribution in [2.24, 2.45) is 4.99 Å². The van der Waals surface area contributed by atoms with Crippen molar-refractivity contribution in [3.8, 4) is 0 Å². The SMILES string of the molecule is CCNC(=NCc1ncc(CC)s1)NCCN(CC)C(=O)OC(C)(C)C. The molecule has 0 unspecified atom stereocenters. The molecular formula is C18H33N5O2S. The largest absolute Gasteiger partial charge is 0.444 e. The minimum Gasteiger partial charge on any atom is -0.444 e. The minimum absolute atomic E-state index is 0.293. The van der Waals surface area contributed by atoms with Crippen LogP contribution >= 0.6 is 11.3 Å². The Labute approximate surface area is 161 Å². The van der Waals surface area contributed by atoms with Gasteiger partial charge in [0.1, 0.15) is 10.6 Å². The highest BCUT2D eigenvalue weighted by Gasteiger charge is 2.20. The van der Waals surface area contributed by atoms with Gasteiger partial charge in [0.15, 0.2) is 5.96 Å². The van der Waals surface area contributed by atoms with Crippen LogP contribution < -0.4 is 10.6 Å². The second kappa shape index (κ2) is 11.0. The maximum absolute atomic E-state index is 12.2. The van der Waals surface area contributed by atoms with E-state index in [1.165, 1.54) is 4.88 Å². The van der Waals surface area contributed by atoms with Crippen molar-refractivity contribution in [1.82, 2.24) is 20.5 Å². The number of thiazole rings is 1. The summed E-state index contributed by atoms with van der Waals surface area (Å²) in [5, 5.41) is 7.48. The Bertz CT molecular complexity index is 580. The fourth-order valence-corrected chi connectivity index (χ4v) is 2.87. The minimum atomic E-state index is -0.487. The summed E-state index contributed by atoms with van der Waals surface area (Å²) in [6, 6.07) is 0. The quantitative estimate of drug-likeness (QED) is 0.533. The number of hydrogen-bond donors (Lipinski definition) is 2. The molecular weight excluding hydrogens is 350 g/mol. The molecule has 0 atom stereocenters. The number of aliphatic imine (C=N–C) groups is 1. The van der Waals surface area contributed by atoms with Crippen molar-refractivity contribution in [2.45, 2.75) is 60.1 Å². The predicted molar refractivity (Wildman–Crippen MR) is 108 cm³/mol. The van der Waals surface area contributed by atoms with Crippen molar-refractivity contribution in [3.63, 3.8) is 0 Å². The maximum Gasteiger partial charge on any atom is 0.410 e. The molecule has 7 nitrogen and oxygen atoms in total. The van der Waals surface area contributed by atoms with Crippen LogP contribution in [-0.2, 0) is 17.7 Å². The van der Waals surface area contributed by atoms with Gasteiger partial charge in [0.2, 0.25) is 0 Å². The smallest absolute Gasteiger partial charge is 0.410 e. The summed E-state index contributed by atoms with van der Waals surface area (Å²) in [5.74, 6) is 0.723. The van der Waals surface area contributed by atoms with E-state index in [1.54, 1.807) is 16.2 Å². The number of rotatable bonds is 8. The Morgan fingerprint density at radius 1 is 1.31 bits per heavy atom. The standard InChI is InChI=1S/C18H33N5O2S/c1-7-14-12-21-15(26-14)13-22-16(19-8-2)20-10-11-23(9-3)17(24)25-18(4,5)6/h12H,7-11,13H2,1-6H3,(H2,19,20,22). The number of hydrogen-bond acceptors (Lipinski definition) is 5. The summed E-state index contributed by atoms with van der Waals surface area (Å²) < 4.78 is 5.42. The molecule has 0 aliphatic heterocycles. The number of carbonyl (C=O) groups excluding carboxylic acids is 1. The van der Waals surface area contributed by atoms with Gasteiger partial charge in [-0.25, -0.2) is 14.8 Å². The molecule has 0 saturated heterocycles. The third-order valence-electron chi connectivity index (χ3n) is 3.37. The zero-order chi connectivity index (χ0) is 19.6. The molecule has 0 spiro atoms. The third kappa shape index (κ3) is 8.51. The van der Waals surface area contributed by atoms with Crippen LogP contribution in [-0.4, -0.2) is 53.7 Å². The van der Waals surface area contributed by atoms with Gasteiger partial charge in [-0.3, -0.25) is 0 Å². The first-order chi connectivity index (χ1) is 12.3. The topological polar surface area (TPSA) is 78.9 Å². The van der Waals surface area contributed by atoms with Gasteiger partial charge in [0, 0.05) is 37.3 Å². The number of amides is 1. The lowest BCUT2D eigenvalue weighted by Crippen LogP contribution is -2.44. The molecule has 8 heteroatoms. The van der Waals surface area contributed by atoms with Crippen LogP contribution in [0, 0.1) is 0 Å². The molecule has 1 heterocycles. The van der Waals surface area contributed by atoms with E-state index in [-0.39, 0.29) is 6.09 Å². The predicted octanol–water partition coefficient (Wildman–Crippen LogP) is 3.02. The molecule has 1 rings (SSSR count). The Morgan fingerprint density at radius 2 is 2.04 bits per heavy atom. The van der Waals surface area contributed by atoms with Crippen molar-refractivity contribution in [2.75, 3.05) is 26.2 Å². The van der Waals surface area contributed by atoms with Crippen LogP contribution in [0.4, 0.5) is 4.79 Å². The molecule has 1 aromatic heterocycles. The van der Waals surface area contributed by atoms with Gasteiger partial charge in [0.25, 0.3) is 0 Å². The highest BCUT2D eigenvalue weighted by molar-refractivity contribution is 7.11. The molecule has 0 aliphatic carbocycles. The van der Waals surface area contributed by atoms with Gasteiger partial charge in [0.05, 0.1) is 6.54 Å². The summed E-state index contributed by atoms with van der Waals surface area (Å²) in [5.41, 5.74) is -0.487. The fraction of sp³-hybridized carbons (Fsp3) is 0.722. The van der Waals surface area contributed by atoms with Gasteiger partial charge in [-0.05, 0) is 41.0 Å². The zero-order valence-corrected chi connectivity index (χ0v) is 17.7. The molecule has 26 heavy (non-hydrogen) atoms. The van der Waals surface area contributed by atoms with Crippen molar-refractivity contribution < 1.29 is 9.53 Å². The van der Waals surface area contributed by atoms with Gasteiger partial charge in [-0.15, -0.1) is 11.3 Å². The number of nitrogens with zero attached hydrogens (tertiary/aromatic N) is 3. The molecule has 0 aliphatic rings. The number of aromatic nitrogens is 1. The number of carbonyl (C=O) groups is 1. The van der Waals surface area contributed by atoms with Crippen LogP contribution in [0.25, 0.3) is 0 Å². The van der Waals surface area contributed by atoms with E-state index >= 15 is 0 Å². The van der Waals surface area contributed by atoms with Gasteiger partial charge in [-0.1, -0.05) is 6.92 Å². The average molecular weight is 384 g/mol. The molecule has 148 valence electrons. The van der Waals surface area contributed by atoms with Crippen molar-refractivity contribution >= 4 is 23.4 Å². The number of guanidine groups is 1. The lowest BCUT2D eigenvalue weighted by molar-refractivity contribution is 0.0264. The van der Waals surface area contributed by atoms with E-state index in [1.807, 2.05) is 40.8 Å². The van der Waals surface area contributed by atoms with E-state index in [9.17, 15) is 4.79 Å². The van der Waals surface area contributed by atoms with Gasteiger partial charge in [-0.2, -0.15) is 0 Å². The number of likely N-dealkylation sites (N-methyl/N-ethyl adjacent to an activating group) is 1. The lowest BCUT2D eigenvalue weighted by atomic mass is 10.2. The highest BCUT2D eigenvalue weighted by Crippen LogP contribution is 2.14. The second-order valence-corrected chi connectivity index (χ2v) is 7.96. The molecule has 0 radical (unpaired) electrons. The van der Waals surface area contributed by atoms with Crippen LogP contribution in [0.15, 0.2) is 11.2 Å². The number of aryl methyl sites for hydroxylation is 1. The normalized spacial score (nSPS) is 12.0. The average Bonchev–Trinajstić information content (AvgIpc) is 3.02. The van der Waals surface area contributed by atoms with Crippen molar-refractivity contribution in [3.05, 3.63) is 16.1 Å². The van der Waals surface area contributed by atoms with Crippen LogP contribution in [0.1, 0.15) is 51.4 Å². The Balaban J connectivity index is 2.53. The summed E-state index contributed by atoms with van der Waals surface area (Å²) in [7, 11) is 0. The Morgan fingerprint density at radius 3 is 2.58 bits per heavy atom. The second-order valence-electron chi connectivity index (χ2n) is 6.76. The summed E-state index contributed by atoms with van der Waals surface area (Å²) in [6.45, 7) is 14.8. The van der Waals surface area contributed by atoms with E-state index in [4.69, 9.17) is 4.74 Å². The molecule has 1 aromatic rings. The molecule has 2 N–H and O–H groups in total. The summed E-state index contributed by atoms with van der Waals surface area (Å²) >= 11 is 1.69. The van der Waals surface area contributed by atoms with Crippen molar-refractivity contribution in [1.29, 1.82) is 0 Å². The van der Waals surface area contributed by atoms with Crippen LogP contribution in [0.5, 0.6) is 0 Å². The third-order valence-corrected chi connectivity index (χ3v) is 4.50. The van der Waals surface area contributed by atoms with Crippen LogP contribution in [0.2, 0.25) is 0 Å². The van der Waals surface area contributed by atoms with Crippen LogP contribution in [0.3, 0.4) is 0 Å². The maximum atomic E-state index is 12.2. The number of nitrogens with one attached hydrogen (secondary N) is 2. The lowest BCUT2D eigenvalue weighted by Gasteiger charge is -2.26. The summed E-state index contributed by atoms with van der Waals surface area (Å²) in [4.78, 5) is 24.1. The molecule has 0 bridgehead atoms. The van der Waals surface area contributed by atoms with E-state index in [0.717, 1.165) is 23.9 Å². The monoisotopic (exact) mass is 383 g/mol. The van der Waals surface area contributed by atoms with Gasteiger partial charge >= 0.3 is 6.09 Å². The first-order valence-electron chi connectivity index (χ1n) is 9.22. The van der Waals surface area contributed by atoms with E-state index < -0.39 is 5.60 Å². The first kappa shape index (κ1) is 22.2. The Kier molecular flexibility index (Phi) is 9.40. The fourth-order valence-electron chi connectivity index (χ4n) is 2.09. The molecule has 0 aromatic carbocycles. The van der Waals surface area contributed by atoms with Gasteiger partial charge < -0.3 is 20.3 Å². The zero-order valence-electron chi connectivity index (χ0n) is 16.9. The molecule has 0 saturated carbocycles. The Hall–Kier alpha value is -1.83.